The first-order valence-corrected chi connectivity index (χ1v) is 3.37. The van der Waals surface area contributed by atoms with E-state index in [0.29, 0.717) is 6.54 Å². The van der Waals surface area contributed by atoms with Crippen molar-refractivity contribution >= 4 is 11.8 Å². The summed E-state index contributed by atoms with van der Waals surface area (Å²) in [6.07, 6.45) is 0. The molecule has 1 unspecified atom stereocenters. The fraction of sp³-hybridized carbons (Fsp3) is 0.571. The fourth-order valence-corrected chi connectivity index (χ4v) is 0.605. The first-order valence-electron chi connectivity index (χ1n) is 3.37. The van der Waals surface area contributed by atoms with Gasteiger partial charge in [-0.05, 0) is 6.92 Å². The second-order valence-electron chi connectivity index (χ2n) is 2.33. The van der Waals surface area contributed by atoms with Crippen LogP contribution in [-0.2, 0) is 9.59 Å². The number of amides is 2. The lowest BCUT2D eigenvalue weighted by Crippen LogP contribution is -2.40. The Kier molecular flexibility index (Phi) is 4.26. The minimum absolute atomic E-state index is 0.121. The molecule has 0 aliphatic rings. The molecule has 63 valence electrons. The lowest BCUT2D eigenvalue weighted by atomic mass is 10.3. The summed E-state index contributed by atoms with van der Waals surface area (Å²) in [6, 6.07) is -0.253. The van der Waals surface area contributed by atoms with Crippen LogP contribution in [-0.4, -0.2) is 24.4 Å². The van der Waals surface area contributed by atoms with Crippen LogP contribution in [0.4, 0.5) is 0 Å². The molecule has 2 N–H and O–H groups in total. The summed E-state index contributed by atoms with van der Waals surface area (Å²) >= 11 is 0. The highest BCUT2D eigenvalue weighted by Crippen LogP contribution is 1.77. The molecular weight excluding hydrogens is 144 g/mol. The second kappa shape index (κ2) is 4.71. The molecule has 0 aromatic heterocycles. The molecule has 2 amide bonds. The van der Waals surface area contributed by atoms with Gasteiger partial charge < -0.3 is 10.6 Å². The average molecular weight is 157 g/mol. The molecule has 0 heterocycles. The van der Waals surface area contributed by atoms with E-state index in [1.807, 2.05) is 0 Å². The van der Waals surface area contributed by atoms with Crippen LogP contribution in [0, 0.1) is 6.92 Å². The molecule has 1 atom stereocenters. The van der Waals surface area contributed by atoms with Gasteiger partial charge in [0.15, 0.2) is 0 Å². The van der Waals surface area contributed by atoms with E-state index in [2.05, 4.69) is 17.6 Å². The molecule has 0 rings (SSSR count). The number of rotatable bonds is 3. The normalized spacial score (nSPS) is 11.9. The smallest absolute Gasteiger partial charge is 0.217 e. The van der Waals surface area contributed by atoms with Gasteiger partial charge in [0.2, 0.25) is 11.8 Å². The monoisotopic (exact) mass is 157 g/mol. The Balaban J connectivity index is 3.44. The summed E-state index contributed by atoms with van der Waals surface area (Å²) in [5.74, 6) is -0.264. The van der Waals surface area contributed by atoms with E-state index in [9.17, 15) is 9.59 Å². The van der Waals surface area contributed by atoms with Crippen molar-refractivity contribution in [3.8, 4) is 0 Å². The van der Waals surface area contributed by atoms with E-state index in [1.165, 1.54) is 13.8 Å². The number of carbonyl (C=O) groups excluding carboxylic acids is 2. The van der Waals surface area contributed by atoms with Crippen LogP contribution < -0.4 is 10.6 Å². The molecule has 11 heavy (non-hydrogen) atoms. The Morgan fingerprint density at radius 1 is 1.36 bits per heavy atom. The summed E-state index contributed by atoms with van der Waals surface area (Å²) in [6.45, 7) is 6.80. The van der Waals surface area contributed by atoms with E-state index in [0.717, 1.165) is 0 Å². The van der Waals surface area contributed by atoms with Crippen molar-refractivity contribution in [2.24, 2.45) is 0 Å². The van der Waals surface area contributed by atoms with Crippen LogP contribution >= 0.6 is 0 Å². The third-order valence-corrected chi connectivity index (χ3v) is 1.00. The summed E-state index contributed by atoms with van der Waals surface area (Å²) in [4.78, 5) is 20.8. The van der Waals surface area contributed by atoms with Gasteiger partial charge in [0.25, 0.3) is 0 Å². The predicted octanol–water partition coefficient (Wildman–Crippen LogP) is -0.539. The van der Waals surface area contributed by atoms with Crippen LogP contribution in [0.25, 0.3) is 0 Å². The van der Waals surface area contributed by atoms with Crippen molar-refractivity contribution < 1.29 is 9.59 Å². The standard InChI is InChI=1S/C7H13N2O2/c1-5(9-7(3)11)4-8-6(2)10/h5H,1,4H2,2-3H3,(H,8,10)(H,9,11). The van der Waals surface area contributed by atoms with Crippen LogP contribution in [0.2, 0.25) is 0 Å². The third-order valence-electron chi connectivity index (χ3n) is 1.00. The molecule has 0 saturated carbocycles. The van der Waals surface area contributed by atoms with Gasteiger partial charge in [0.1, 0.15) is 0 Å². The Morgan fingerprint density at radius 2 is 1.91 bits per heavy atom. The Bertz CT molecular complexity index is 157. The van der Waals surface area contributed by atoms with Gasteiger partial charge in [-0.2, -0.15) is 0 Å². The maximum atomic E-state index is 10.4. The van der Waals surface area contributed by atoms with E-state index in [1.54, 1.807) is 0 Å². The number of nitrogens with one attached hydrogen (secondary N) is 2. The zero-order chi connectivity index (χ0) is 8.85. The minimum Gasteiger partial charge on any atom is -0.354 e. The van der Waals surface area contributed by atoms with Crippen molar-refractivity contribution in [2.45, 2.75) is 19.9 Å². The van der Waals surface area contributed by atoms with Crippen LogP contribution in [0.5, 0.6) is 0 Å². The second-order valence-corrected chi connectivity index (χ2v) is 2.33. The van der Waals surface area contributed by atoms with Crippen LogP contribution in [0.1, 0.15) is 13.8 Å². The first kappa shape index (κ1) is 9.94. The highest BCUT2D eigenvalue weighted by atomic mass is 16.2. The SMILES string of the molecule is [CH2]C(CNC(C)=O)NC(C)=O. The Hall–Kier alpha value is -1.06. The van der Waals surface area contributed by atoms with Gasteiger partial charge in [-0.25, -0.2) is 0 Å². The summed E-state index contributed by atoms with van der Waals surface area (Å²) in [7, 11) is 0. The largest absolute Gasteiger partial charge is 0.354 e. The molecule has 0 aromatic rings. The van der Waals surface area contributed by atoms with E-state index >= 15 is 0 Å². The molecule has 0 saturated heterocycles. The van der Waals surface area contributed by atoms with Gasteiger partial charge in [0, 0.05) is 26.4 Å². The average Bonchev–Trinajstić information content (AvgIpc) is 1.82. The molecule has 1 radical (unpaired) electrons. The van der Waals surface area contributed by atoms with Gasteiger partial charge in [-0.1, -0.05) is 0 Å². The maximum absolute atomic E-state index is 10.4. The lowest BCUT2D eigenvalue weighted by Gasteiger charge is -2.11. The molecule has 0 spiro atoms. The van der Waals surface area contributed by atoms with Gasteiger partial charge in [-0.3, -0.25) is 9.59 Å². The third kappa shape index (κ3) is 6.83. The van der Waals surface area contributed by atoms with Crippen LogP contribution in [0.3, 0.4) is 0 Å². The zero-order valence-electron chi connectivity index (χ0n) is 6.81. The molecule has 0 aliphatic heterocycles. The highest BCUT2D eigenvalue weighted by molar-refractivity contribution is 5.74. The highest BCUT2D eigenvalue weighted by Gasteiger charge is 2.02. The number of carbonyl (C=O) groups is 2. The van der Waals surface area contributed by atoms with Gasteiger partial charge in [0.05, 0.1) is 0 Å². The summed E-state index contributed by atoms with van der Waals surface area (Å²) < 4.78 is 0. The van der Waals surface area contributed by atoms with Gasteiger partial charge in [-0.15, -0.1) is 0 Å². The summed E-state index contributed by atoms with van der Waals surface area (Å²) in [5.41, 5.74) is 0. The number of hydrogen-bond acceptors (Lipinski definition) is 2. The zero-order valence-corrected chi connectivity index (χ0v) is 6.81. The molecule has 4 nitrogen and oxygen atoms in total. The van der Waals surface area contributed by atoms with Crippen molar-refractivity contribution in [3.63, 3.8) is 0 Å². The minimum atomic E-state index is -0.253. The molecule has 0 aliphatic carbocycles. The van der Waals surface area contributed by atoms with Crippen molar-refractivity contribution in [1.82, 2.24) is 10.6 Å². The lowest BCUT2D eigenvalue weighted by molar-refractivity contribution is -0.121. The summed E-state index contributed by atoms with van der Waals surface area (Å²) in [5, 5.41) is 5.07. The van der Waals surface area contributed by atoms with E-state index in [-0.39, 0.29) is 17.9 Å². The Labute approximate surface area is 66.4 Å². The molecule has 0 bridgehead atoms. The van der Waals surface area contributed by atoms with Crippen molar-refractivity contribution in [1.29, 1.82) is 0 Å². The van der Waals surface area contributed by atoms with Gasteiger partial charge >= 0.3 is 0 Å². The molecule has 0 fully saturated rings. The quantitative estimate of drug-likeness (QED) is 0.578. The van der Waals surface area contributed by atoms with Crippen molar-refractivity contribution in [2.75, 3.05) is 6.54 Å². The Morgan fingerprint density at radius 3 is 2.27 bits per heavy atom. The van der Waals surface area contributed by atoms with Crippen LogP contribution in [0.15, 0.2) is 0 Å². The topological polar surface area (TPSA) is 58.2 Å². The number of hydrogen-bond donors (Lipinski definition) is 2. The van der Waals surface area contributed by atoms with E-state index in [4.69, 9.17) is 0 Å². The first-order chi connectivity index (χ1) is 5.02. The fourth-order valence-electron chi connectivity index (χ4n) is 0.605. The predicted molar refractivity (Wildman–Crippen MR) is 41.6 cm³/mol. The molecule has 0 aromatic carbocycles. The van der Waals surface area contributed by atoms with E-state index < -0.39 is 0 Å². The molecule has 4 heteroatoms. The maximum Gasteiger partial charge on any atom is 0.217 e. The van der Waals surface area contributed by atoms with Crippen molar-refractivity contribution in [3.05, 3.63) is 6.92 Å². The molecular formula is C7H13N2O2.